The Morgan fingerprint density at radius 2 is 2.00 bits per heavy atom. The Bertz CT molecular complexity index is 351. The average Bonchev–Trinajstić information content (AvgIpc) is 2.52. The minimum absolute atomic E-state index is 0.0313. The first-order valence-electron chi connectivity index (χ1n) is 6.40. The lowest BCUT2D eigenvalue weighted by atomic mass is 9.85. The highest BCUT2D eigenvalue weighted by Gasteiger charge is 2.33. The van der Waals surface area contributed by atoms with Gasteiger partial charge in [0.05, 0.1) is 13.0 Å². The summed E-state index contributed by atoms with van der Waals surface area (Å²) in [5.74, 6) is -1.66. The lowest BCUT2D eigenvalue weighted by Crippen LogP contribution is -2.36. The SMILES string of the molecule is CC(C)(CC(=O)O)CC(=O)NCC1COC(C)(C)O1. The van der Waals surface area contributed by atoms with E-state index in [9.17, 15) is 9.59 Å². The van der Waals surface area contributed by atoms with Gasteiger partial charge in [0.2, 0.25) is 5.91 Å². The average molecular weight is 273 g/mol. The molecule has 1 aliphatic rings. The van der Waals surface area contributed by atoms with Crippen LogP contribution in [0.3, 0.4) is 0 Å². The Kier molecular flexibility index (Phi) is 4.92. The number of carbonyl (C=O) groups is 2. The van der Waals surface area contributed by atoms with Crippen LogP contribution in [0.4, 0.5) is 0 Å². The maximum Gasteiger partial charge on any atom is 0.303 e. The highest BCUT2D eigenvalue weighted by atomic mass is 16.7. The van der Waals surface area contributed by atoms with Crippen LogP contribution in [0.5, 0.6) is 0 Å². The normalized spacial score (nSPS) is 22.2. The monoisotopic (exact) mass is 273 g/mol. The van der Waals surface area contributed by atoms with E-state index >= 15 is 0 Å². The van der Waals surface area contributed by atoms with Gasteiger partial charge in [-0.3, -0.25) is 9.59 Å². The molecule has 0 spiro atoms. The zero-order valence-corrected chi connectivity index (χ0v) is 12.0. The van der Waals surface area contributed by atoms with Gasteiger partial charge in [0.25, 0.3) is 0 Å². The molecule has 0 aromatic rings. The maximum absolute atomic E-state index is 11.8. The summed E-state index contributed by atoms with van der Waals surface area (Å²) in [7, 11) is 0. The van der Waals surface area contributed by atoms with E-state index in [4.69, 9.17) is 14.6 Å². The van der Waals surface area contributed by atoms with E-state index in [-0.39, 0.29) is 24.9 Å². The van der Waals surface area contributed by atoms with Crippen LogP contribution in [0, 0.1) is 5.41 Å². The first kappa shape index (κ1) is 15.9. The molecular weight excluding hydrogens is 250 g/mol. The van der Waals surface area contributed by atoms with Crippen molar-refractivity contribution in [1.82, 2.24) is 5.32 Å². The van der Waals surface area contributed by atoms with Crippen LogP contribution in [-0.4, -0.2) is 42.0 Å². The van der Waals surface area contributed by atoms with E-state index in [1.807, 2.05) is 13.8 Å². The van der Waals surface area contributed by atoms with Crippen molar-refractivity contribution in [2.24, 2.45) is 5.41 Å². The number of carboxylic acid groups (broad SMARTS) is 1. The van der Waals surface area contributed by atoms with Gasteiger partial charge in [-0.15, -0.1) is 0 Å². The number of carboxylic acids is 1. The second kappa shape index (κ2) is 5.88. The van der Waals surface area contributed by atoms with E-state index < -0.39 is 17.2 Å². The summed E-state index contributed by atoms with van der Waals surface area (Å²) < 4.78 is 11.0. The number of carbonyl (C=O) groups excluding carboxylic acids is 1. The van der Waals surface area contributed by atoms with Crippen LogP contribution in [0.15, 0.2) is 0 Å². The number of amides is 1. The van der Waals surface area contributed by atoms with Gasteiger partial charge < -0.3 is 19.9 Å². The highest BCUT2D eigenvalue weighted by molar-refractivity contribution is 5.77. The molecule has 110 valence electrons. The van der Waals surface area contributed by atoms with Gasteiger partial charge in [-0.1, -0.05) is 13.8 Å². The van der Waals surface area contributed by atoms with E-state index in [1.54, 1.807) is 13.8 Å². The molecular formula is C13H23NO5. The maximum atomic E-state index is 11.8. The molecule has 1 rings (SSSR count). The summed E-state index contributed by atoms with van der Waals surface area (Å²) in [4.78, 5) is 22.4. The van der Waals surface area contributed by atoms with Crippen molar-refractivity contribution in [2.45, 2.75) is 52.4 Å². The predicted octanol–water partition coefficient (Wildman–Crippen LogP) is 1.15. The van der Waals surface area contributed by atoms with Crippen LogP contribution in [0.1, 0.15) is 40.5 Å². The van der Waals surface area contributed by atoms with Crippen LogP contribution >= 0.6 is 0 Å². The van der Waals surface area contributed by atoms with Crippen molar-refractivity contribution in [3.8, 4) is 0 Å². The summed E-state index contributed by atoms with van der Waals surface area (Å²) in [5.41, 5.74) is -0.553. The third kappa shape index (κ3) is 6.02. The third-order valence-corrected chi connectivity index (χ3v) is 2.86. The third-order valence-electron chi connectivity index (χ3n) is 2.86. The van der Waals surface area contributed by atoms with Crippen LogP contribution in [-0.2, 0) is 19.1 Å². The first-order valence-corrected chi connectivity index (χ1v) is 6.40. The molecule has 1 amide bonds. The number of rotatable bonds is 6. The Labute approximate surface area is 113 Å². The molecule has 19 heavy (non-hydrogen) atoms. The fraction of sp³-hybridized carbons (Fsp3) is 0.846. The number of aliphatic carboxylic acids is 1. The highest BCUT2D eigenvalue weighted by Crippen LogP contribution is 2.25. The smallest absolute Gasteiger partial charge is 0.303 e. The molecule has 1 heterocycles. The molecule has 1 atom stereocenters. The molecule has 1 aliphatic heterocycles. The van der Waals surface area contributed by atoms with Gasteiger partial charge in [-0.05, 0) is 19.3 Å². The van der Waals surface area contributed by atoms with Gasteiger partial charge in [-0.25, -0.2) is 0 Å². The predicted molar refractivity (Wildman–Crippen MR) is 68.6 cm³/mol. The second-order valence-corrected chi connectivity index (χ2v) is 6.17. The topological polar surface area (TPSA) is 84.9 Å². The van der Waals surface area contributed by atoms with E-state index in [2.05, 4.69) is 5.32 Å². The Morgan fingerprint density at radius 1 is 1.37 bits per heavy atom. The summed E-state index contributed by atoms with van der Waals surface area (Å²) >= 11 is 0. The molecule has 1 unspecified atom stereocenters. The molecule has 0 saturated carbocycles. The van der Waals surface area contributed by atoms with E-state index in [0.29, 0.717) is 13.2 Å². The number of hydrogen-bond acceptors (Lipinski definition) is 4. The second-order valence-electron chi connectivity index (χ2n) is 6.17. The van der Waals surface area contributed by atoms with Crippen molar-refractivity contribution in [3.05, 3.63) is 0 Å². The Morgan fingerprint density at radius 3 is 2.47 bits per heavy atom. The fourth-order valence-corrected chi connectivity index (χ4v) is 2.06. The Hall–Kier alpha value is -1.14. The molecule has 2 N–H and O–H groups in total. The fourth-order valence-electron chi connectivity index (χ4n) is 2.06. The summed E-state index contributed by atoms with van der Waals surface area (Å²) in [6.45, 7) is 8.00. The quantitative estimate of drug-likeness (QED) is 0.758. The summed E-state index contributed by atoms with van der Waals surface area (Å²) in [6.07, 6.45) is -0.00576. The molecule has 1 saturated heterocycles. The van der Waals surface area contributed by atoms with Crippen LogP contribution in [0.25, 0.3) is 0 Å². The molecule has 6 nitrogen and oxygen atoms in total. The van der Waals surface area contributed by atoms with Crippen LogP contribution < -0.4 is 5.32 Å². The zero-order valence-electron chi connectivity index (χ0n) is 12.0. The van der Waals surface area contributed by atoms with Gasteiger partial charge in [0.1, 0.15) is 6.10 Å². The van der Waals surface area contributed by atoms with Gasteiger partial charge >= 0.3 is 5.97 Å². The number of hydrogen-bond donors (Lipinski definition) is 2. The molecule has 0 bridgehead atoms. The summed E-state index contributed by atoms with van der Waals surface area (Å²) in [5, 5.41) is 11.5. The van der Waals surface area contributed by atoms with Gasteiger partial charge in [-0.2, -0.15) is 0 Å². The van der Waals surface area contributed by atoms with E-state index in [1.165, 1.54) is 0 Å². The van der Waals surface area contributed by atoms with Crippen molar-refractivity contribution in [1.29, 1.82) is 0 Å². The molecule has 1 fully saturated rings. The lowest BCUT2D eigenvalue weighted by molar-refractivity contribution is -0.141. The lowest BCUT2D eigenvalue weighted by Gasteiger charge is -2.22. The van der Waals surface area contributed by atoms with Crippen molar-refractivity contribution >= 4 is 11.9 Å². The van der Waals surface area contributed by atoms with E-state index in [0.717, 1.165) is 0 Å². The number of nitrogens with one attached hydrogen (secondary N) is 1. The zero-order chi connectivity index (χ0) is 14.7. The molecule has 0 radical (unpaired) electrons. The molecule has 0 aliphatic carbocycles. The van der Waals surface area contributed by atoms with Gasteiger partial charge in [0, 0.05) is 13.0 Å². The van der Waals surface area contributed by atoms with Gasteiger partial charge in [0.15, 0.2) is 5.79 Å². The Balaban J connectivity index is 2.30. The summed E-state index contributed by atoms with van der Waals surface area (Å²) in [6, 6.07) is 0. The number of ether oxygens (including phenoxy) is 2. The van der Waals surface area contributed by atoms with Crippen molar-refractivity contribution in [3.63, 3.8) is 0 Å². The first-order chi connectivity index (χ1) is 8.60. The molecule has 6 heteroatoms. The minimum atomic E-state index is -0.896. The standard InChI is InChI=1S/C13H23NO5/c1-12(2,6-11(16)17)5-10(15)14-7-9-8-18-13(3,4)19-9/h9H,5-8H2,1-4H3,(H,14,15)(H,16,17). The van der Waals surface area contributed by atoms with Crippen LogP contribution in [0.2, 0.25) is 0 Å². The molecule has 0 aromatic heterocycles. The molecule has 0 aromatic carbocycles. The largest absolute Gasteiger partial charge is 0.481 e. The van der Waals surface area contributed by atoms with Crippen molar-refractivity contribution < 1.29 is 24.2 Å². The minimum Gasteiger partial charge on any atom is -0.481 e. The van der Waals surface area contributed by atoms with Crippen molar-refractivity contribution in [2.75, 3.05) is 13.2 Å².